The van der Waals surface area contributed by atoms with Crippen molar-refractivity contribution in [3.05, 3.63) is 52.5 Å². The number of ether oxygens (including phenoxy) is 2. The average molecular weight is 312 g/mol. The number of hydrogen-bond acceptors (Lipinski definition) is 3. The van der Waals surface area contributed by atoms with E-state index in [1.807, 2.05) is 12.1 Å². The van der Waals surface area contributed by atoms with Crippen molar-refractivity contribution in [2.75, 3.05) is 18.9 Å². The number of nitrogens with two attached hydrogens (primary N) is 1. The minimum absolute atomic E-state index is 0.439. The zero-order chi connectivity index (χ0) is 14.4. The van der Waals surface area contributed by atoms with Crippen LogP contribution in [-0.2, 0) is 0 Å². The highest BCUT2D eigenvalue weighted by atomic mass is 35.5. The smallest absolute Gasteiger partial charge is 0.139 e. The molecule has 0 amide bonds. The topological polar surface area (TPSA) is 44.5 Å². The van der Waals surface area contributed by atoms with Crippen molar-refractivity contribution in [3.8, 4) is 11.5 Å². The number of halogens is 2. The van der Waals surface area contributed by atoms with Gasteiger partial charge in [0.1, 0.15) is 16.5 Å². The Morgan fingerprint density at radius 2 is 1.60 bits per heavy atom. The molecule has 2 rings (SSSR count). The van der Waals surface area contributed by atoms with Crippen LogP contribution in [0.2, 0.25) is 10.0 Å². The summed E-state index contributed by atoms with van der Waals surface area (Å²) >= 11 is 11.9. The molecular formula is C15H15Cl2NO2. The molecule has 0 saturated carbocycles. The van der Waals surface area contributed by atoms with Gasteiger partial charge in [-0.15, -0.1) is 0 Å². The summed E-state index contributed by atoms with van der Waals surface area (Å²) in [7, 11) is 0. The third-order valence-electron chi connectivity index (χ3n) is 2.61. The molecule has 2 N–H and O–H groups in total. The summed E-state index contributed by atoms with van der Waals surface area (Å²) in [6.07, 6.45) is 0.743. The van der Waals surface area contributed by atoms with Crippen molar-refractivity contribution in [2.45, 2.75) is 6.42 Å². The third-order valence-corrected chi connectivity index (χ3v) is 3.41. The molecule has 0 bridgehead atoms. The van der Waals surface area contributed by atoms with Gasteiger partial charge < -0.3 is 15.2 Å². The van der Waals surface area contributed by atoms with E-state index < -0.39 is 0 Å². The molecule has 0 unspecified atom stereocenters. The van der Waals surface area contributed by atoms with Crippen molar-refractivity contribution < 1.29 is 9.47 Å². The summed E-state index contributed by atoms with van der Waals surface area (Å²) in [5.41, 5.74) is 6.31. The van der Waals surface area contributed by atoms with Crippen LogP contribution in [0.1, 0.15) is 6.42 Å². The first-order valence-corrected chi connectivity index (χ1v) is 6.97. The molecule has 0 fully saturated rings. The highest BCUT2D eigenvalue weighted by molar-refractivity contribution is 6.42. The SMILES string of the molecule is Nc1ccc(OCCCOc2cccc(Cl)c2Cl)cc1. The quantitative estimate of drug-likeness (QED) is 0.634. The van der Waals surface area contributed by atoms with E-state index >= 15 is 0 Å². The van der Waals surface area contributed by atoms with Gasteiger partial charge in [-0.05, 0) is 36.4 Å². The van der Waals surface area contributed by atoms with Crippen molar-refractivity contribution in [3.63, 3.8) is 0 Å². The first-order valence-electron chi connectivity index (χ1n) is 6.22. The maximum atomic E-state index is 6.02. The molecule has 0 aliphatic carbocycles. The second-order valence-corrected chi connectivity index (χ2v) is 4.96. The van der Waals surface area contributed by atoms with Crippen LogP contribution in [0.25, 0.3) is 0 Å². The molecule has 0 aliphatic heterocycles. The van der Waals surface area contributed by atoms with Gasteiger partial charge in [-0.25, -0.2) is 0 Å². The second kappa shape index (κ2) is 7.27. The summed E-state index contributed by atoms with van der Waals surface area (Å²) in [4.78, 5) is 0. The van der Waals surface area contributed by atoms with E-state index in [4.69, 9.17) is 38.4 Å². The van der Waals surface area contributed by atoms with Crippen LogP contribution in [0.3, 0.4) is 0 Å². The number of hydrogen-bond donors (Lipinski definition) is 1. The van der Waals surface area contributed by atoms with Gasteiger partial charge in [-0.1, -0.05) is 29.3 Å². The van der Waals surface area contributed by atoms with Gasteiger partial charge in [0.05, 0.1) is 18.2 Å². The molecular weight excluding hydrogens is 297 g/mol. The Balaban J connectivity index is 1.71. The average Bonchev–Trinajstić information content (AvgIpc) is 2.45. The van der Waals surface area contributed by atoms with E-state index in [2.05, 4.69) is 0 Å². The highest BCUT2D eigenvalue weighted by Crippen LogP contribution is 2.31. The standard InChI is InChI=1S/C15H15Cl2NO2/c16-13-3-1-4-14(15(13)17)20-10-2-9-19-12-7-5-11(18)6-8-12/h1,3-8H,2,9-10,18H2. The monoisotopic (exact) mass is 311 g/mol. The van der Waals surface area contributed by atoms with E-state index in [0.717, 1.165) is 17.9 Å². The first-order chi connectivity index (χ1) is 9.66. The predicted molar refractivity (Wildman–Crippen MR) is 82.9 cm³/mol. The van der Waals surface area contributed by atoms with Gasteiger partial charge in [0.2, 0.25) is 0 Å². The van der Waals surface area contributed by atoms with E-state index in [0.29, 0.717) is 29.0 Å². The maximum Gasteiger partial charge on any atom is 0.139 e. The van der Waals surface area contributed by atoms with Gasteiger partial charge in [0.15, 0.2) is 0 Å². The minimum atomic E-state index is 0.439. The Bertz CT molecular complexity index is 558. The van der Waals surface area contributed by atoms with Crippen LogP contribution in [0, 0.1) is 0 Å². The van der Waals surface area contributed by atoms with Crippen molar-refractivity contribution in [1.82, 2.24) is 0 Å². The fourth-order valence-corrected chi connectivity index (χ4v) is 1.94. The maximum absolute atomic E-state index is 6.02. The Kier molecular flexibility index (Phi) is 5.39. The molecule has 0 radical (unpaired) electrons. The van der Waals surface area contributed by atoms with Crippen molar-refractivity contribution in [2.24, 2.45) is 0 Å². The van der Waals surface area contributed by atoms with Gasteiger partial charge in [-0.2, -0.15) is 0 Å². The Morgan fingerprint density at radius 1 is 0.900 bits per heavy atom. The zero-order valence-corrected chi connectivity index (χ0v) is 12.3. The van der Waals surface area contributed by atoms with Gasteiger partial charge in [-0.3, -0.25) is 0 Å². The fourth-order valence-electron chi connectivity index (χ4n) is 1.59. The van der Waals surface area contributed by atoms with Crippen LogP contribution >= 0.6 is 23.2 Å². The molecule has 20 heavy (non-hydrogen) atoms. The molecule has 3 nitrogen and oxygen atoms in total. The molecule has 5 heteroatoms. The Morgan fingerprint density at radius 3 is 2.35 bits per heavy atom. The van der Waals surface area contributed by atoms with Gasteiger partial charge in [0.25, 0.3) is 0 Å². The lowest BCUT2D eigenvalue weighted by Crippen LogP contribution is -2.05. The van der Waals surface area contributed by atoms with E-state index in [1.54, 1.807) is 30.3 Å². The Hall–Kier alpha value is -1.58. The molecule has 0 atom stereocenters. The van der Waals surface area contributed by atoms with E-state index in [-0.39, 0.29) is 0 Å². The molecule has 0 aromatic heterocycles. The summed E-state index contributed by atoms with van der Waals surface area (Å²) in [5.74, 6) is 1.38. The molecule has 0 saturated heterocycles. The molecule has 0 aliphatic rings. The zero-order valence-electron chi connectivity index (χ0n) is 10.8. The van der Waals surface area contributed by atoms with Crippen molar-refractivity contribution in [1.29, 1.82) is 0 Å². The van der Waals surface area contributed by atoms with Crippen LogP contribution in [0.5, 0.6) is 11.5 Å². The van der Waals surface area contributed by atoms with Crippen LogP contribution in [0.15, 0.2) is 42.5 Å². The van der Waals surface area contributed by atoms with Crippen LogP contribution in [-0.4, -0.2) is 13.2 Å². The number of anilines is 1. The summed E-state index contributed by atoms with van der Waals surface area (Å²) in [6.45, 7) is 1.07. The molecule has 0 spiro atoms. The van der Waals surface area contributed by atoms with Crippen molar-refractivity contribution >= 4 is 28.9 Å². The Labute approximate surface area is 128 Å². The largest absolute Gasteiger partial charge is 0.493 e. The molecule has 2 aromatic rings. The van der Waals surface area contributed by atoms with Crippen LogP contribution < -0.4 is 15.2 Å². The fraction of sp³-hybridized carbons (Fsp3) is 0.200. The lowest BCUT2D eigenvalue weighted by molar-refractivity contribution is 0.247. The van der Waals surface area contributed by atoms with Crippen LogP contribution in [0.4, 0.5) is 5.69 Å². The lowest BCUT2D eigenvalue weighted by atomic mass is 10.3. The van der Waals surface area contributed by atoms with E-state index in [9.17, 15) is 0 Å². The third kappa shape index (κ3) is 4.22. The van der Waals surface area contributed by atoms with Gasteiger partial charge in [0, 0.05) is 12.1 Å². The molecule has 0 heterocycles. The summed E-state index contributed by atoms with van der Waals surface area (Å²) in [5, 5.41) is 0.927. The number of rotatable bonds is 6. The summed E-state index contributed by atoms with van der Waals surface area (Å²) in [6, 6.07) is 12.6. The second-order valence-electron chi connectivity index (χ2n) is 4.17. The lowest BCUT2D eigenvalue weighted by Gasteiger charge is -2.09. The number of benzene rings is 2. The first kappa shape index (κ1) is 14.8. The normalized spacial score (nSPS) is 10.3. The molecule has 106 valence electrons. The van der Waals surface area contributed by atoms with Gasteiger partial charge >= 0.3 is 0 Å². The highest BCUT2D eigenvalue weighted by Gasteiger charge is 2.04. The number of nitrogen functional groups attached to an aromatic ring is 1. The molecule has 2 aromatic carbocycles. The minimum Gasteiger partial charge on any atom is -0.493 e. The predicted octanol–water partition coefficient (Wildman–Crippen LogP) is 4.42. The summed E-state index contributed by atoms with van der Waals surface area (Å²) < 4.78 is 11.1. The van der Waals surface area contributed by atoms with E-state index in [1.165, 1.54) is 0 Å².